The Kier molecular flexibility index (Phi) is 65.6. The summed E-state index contributed by atoms with van der Waals surface area (Å²) >= 11 is 0. The van der Waals surface area contributed by atoms with Crippen molar-refractivity contribution in [3.05, 3.63) is 109 Å². The fourth-order valence-corrected chi connectivity index (χ4v) is 14.7. The first-order chi connectivity index (χ1) is 54.8. The summed E-state index contributed by atoms with van der Waals surface area (Å²) in [4.78, 5) is 13.5. The van der Waals surface area contributed by atoms with Crippen LogP contribution in [0.3, 0.4) is 0 Å². The first-order valence-electron chi connectivity index (χ1n) is 45.1. The summed E-state index contributed by atoms with van der Waals surface area (Å²) < 4.78 is 34.5. The molecule has 0 aromatic rings. The van der Waals surface area contributed by atoms with Gasteiger partial charge in [0.2, 0.25) is 5.91 Å². The van der Waals surface area contributed by atoms with Gasteiger partial charge in [-0.05, 0) is 83.5 Å². The number of rotatable bonds is 72. The Morgan fingerprint density at radius 2 is 0.616 bits per heavy atom. The van der Waals surface area contributed by atoms with E-state index in [0.29, 0.717) is 6.42 Å². The van der Waals surface area contributed by atoms with Gasteiger partial charge in [-0.1, -0.05) is 361 Å². The first-order valence-corrected chi connectivity index (χ1v) is 45.1. The van der Waals surface area contributed by atoms with Crippen LogP contribution in [0.25, 0.3) is 0 Å². The molecule has 17 atom stereocenters. The van der Waals surface area contributed by atoms with Gasteiger partial charge < -0.3 is 89.9 Å². The zero-order chi connectivity index (χ0) is 81.0. The van der Waals surface area contributed by atoms with Crippen LogP contribution in [0.4, 0.5) is 0 Å². The molecule has 0 bridgehead atoms. The van der Waals surface area contributed by atoms with E-state index in [9.17, 15) is 61.0 Å². The van der Waals surface area contributed by atoms with Crippen LogP contribution < -0.4 is 5.32 Å². The molecule has 0 spiro atoms. The van der Waals surface area contributed by atoms with Gasteiger partial charge in [-0.2, -0.15) is 0 Å². The molecule has 3 saturated heterocycles. The average molecular weight is 1580 g/mol. The standard InChI is InChI=1S/C93H163NO18/c1-3-5-7-9-11-13-15-17-19-21-23-25-27-29-31-33-35-37-38-39-41-43-45-47-49-51-53-55-57-59-61-63-65-67-69-71-81(99)94-76(77(98)70-68-66-64-62-60-58-56-54-52-50-48-46-44-42-40-36-34-32-30-28-26-24-22-20-18-16-14-12-10-8-6-4-2)75-107-91-87(105)84(102)89(79(73-96)109-91)112-93-88(106)85(103)90(80(74-97)110-93)111-92-86(104)83(101)82(100)78(72-95)108-92/h5,7,11,13,17,19,23,25,29,31,35,37,39,41,45,47,68,70,76-80,82-93,95-98,100-106H,3-4,6,8-10,12,14-16,18,20-22,24,26-28,30,32-34,36,38,40,42-44,46,48-67,69,71-75H2,1-2H3,(H,94,99)/b7-5-,13-11-,19-17-,25-23-,31-29-,37-35-,41-39-,47-45-,70-68+. The number of amides is 1. The molecule has 19 nitrogen and oxygen atoms in total. The molecule has 112 heavy (non-hydrogen) atoms. The van der Waals surface area contributed by atoms with Crippen molar-refractivity contribution < 1.29 is 89.4 Å². The second kappa shape index (κ2) is 71.5. The zero-order valence-corrected chi connectivity index (χ0v) is 69.9. The third-order valence-electron chi connectivity index (χ3n) is 21.8. The third-order valence-corrected chi connectivity index (χ3v) is 21.8. The molecule has 0 saturated carbocycles. The number of aliphatic hydroxyl groups is 11. The van der Waals surface area contributed by atoms with E-state index >= 15 is 0 Å². The van der Waals surface area contributed by atoms with Gasteiger partial charge in [0.1, 0.15) is 73.2 Å². The lowest BCUT2D eigenvalue weighted by Crippen LogP contribution is -2.66. The zero-order valence-electron chi connectivity index (χ0n) is 69.9. The highest BCUT2D eigenvalue weighted by Crippen LogP contribution is 2.33. The van der Waals surface area contributed by atoms with Crippen LogP contribution in [-0.4, -0.2) is 193 Å². The topological polar surface area (TPSA) is 307 Å². The smallest absolute Gasteiger partial charge is 0.220 e. The van der Waals surface area contributed by atoms with Crippen LogP contribution in [0.15, 0.2) is 109 Å². The molecule has 0 aliphatic carbocycles. The van der Waals surface area contributed by atoms with Crippen molar-refractivity contribution in [1.82, 2.24) is 5.32 Å². The highest BCUT2D eigenvalue weighted by molar-refractivity contribution is 5.76. The maximum atomic E-state index is 13.5. The summed E-state index contributed by atoms with van der Waals surface area (Å²) in [7, 11) is 0. The fourth-order valence-electron chi connectivity index (χ4n) is 14.7. The van der Waals surface area contributed by atoms with Crippen LogP contribution in [-0.2, 0) is 33.2 Å². The molecule has 3 aliphatic heterocycles. The first kappa shape index (κ1) is 103. The Labute approximate surface area is 678 Å². The summed E-state index contributed by atoms with van der Waals surface area (Å²) in [6, 6.07) is -0.985. The monoisotopic (exact) mass is 1580 g/mol. The normalized spacial score (nSPS) is 25.5. The molecule has 3 rings (SSSR count). The molecule has 12 N–H and O–H groups in total. The Hall–Kier alpha value is -3.55. The SMILES string of the molecule is CC/C=C\C/C=C\C/C=C\C/C=C\C/C=C\C/C=C\C/C=C\C/C=C\CCCCCCCCCCCCC(=O)NC(COC1OC(CO)C(OC2OC(CO)C(OC3OC(CO)C(O)C(O)C3O)C(O)C2O)C(O)C1O)C(O)/C=C/CCCCCCCCCCCCCCCCCCCCCCCCCCCCCCCC. The van der Waals surface area contributed by atoms with Gasteiger partial charge in [0.15, 0.2) is 18.9 Å². The number of allylic oxidation sites excluding steroid dienone is 17. The fraction of sp³-hybridized carbons (Fsp3) is 0.796. The number of ether oxygens (including phenoxy) is 6. The lowest BCUT2D eigenvalue weighted by atomic mass is 9.96. The maximum Gasteiger partial charge on any atom is 0.220 e. The average Bonchev–Trinajstić information content (AvgIpc) is 0.782. The maximum absolute atomic E-state index is 13.5. The molecule has 3 aliphatic rings. The second-order valence-electron chi connectivity index (χ2n) is 31.7. The summed E-state index contributed by atoms with van der Waals surface area (Å²) in [6.07, 6.45) is 73.7. The minimum atomic E-state index is -1.98. The highest BCUT2D eigenvalue weighted by atomic mass is 16.8. The van der Waals surface area contributed by atoms with Crippen molar-refractivity contribution in [3.63, 3.8) is 0 Å². The van der Waals surface area contributed by atoms with E-state index in [1.54, 1.807) is 6.08 Å². The Balaban J connectivity index is 1.34. The number of hydrogen-bond acceptors (Lipinski definition) is 18. The largest absolute Gasteiger partial charge is 0.394 e. The quantitative estimate of drug-likeness (QED) is 0.0199. The predicted molar refractivity (Wildman–Crippen MR) is 452 cm³/mol. The number of carbonyl (C=O) groups is 1. The van der Waals surface area contributed by atoms with Crippen molar-refractivity contribution >= 4 is 5.91 Å². The molecule has 0 aromatic heterocycles. The number of unbranched alkanes of at least 4 members (excludes halogenated alkanes) is 40. The number of nitrogens with one attached hydrogen (secondary N) is 1. The van der Waals surface area contributed by atoms with Gasteiger partial charge in [-0.25, -0.2) is 0 Å². The van der Waals surface area contributed by atoms with Crippen LogP contribution in [0.1, 0.15) is 341 Å². The van der Waals surface area contributed by atoms with Gasteiger partial charge in [0.05, 0.1) is 38.6 Å². The van der Waals surface area contributed by atoms with E-state index in [-0.39, 0.29) is 18.9 Å². The van der Waals surface area contributed by atoms with E-state index in [4.69, 9.17) is 28.4 Å². The lowest BCUT2D eigenvalue weighted by molar-refractivity contribution is -0.379. The van der Waals surface area contributed by atoms with Crippen molar-refractivity contribution in [3.8, 4) is 0 Å². The Bertz CT molecular complexity index is 2450. The minimum Gasteiger partial charge on any atom is -0.394 e. The lowest BCUT2D eigenvalue weighted by Gasteiger charge is -2.48. The molecule has 1 amide bonds. The molecule has 17 unspecified atom stereocenters. The van der Waals surface area contributed by atoms with Crippen LogP contribution in [0, 0.1) is 0 Å². The van der Waals surface area contributed by atoms with Gasteiger partial charge in [-0.15, -0.1) is 0 Å². The van der Waals surface area contributed by atoms with Gasteiger partial charge in [-0.3, -0.25) is 4.79 Å². The van der Waals surface area contributed by atoms with Crippen molar-refractivity contribution in [2.45, 2.75) is 446 Å². The van der Waals surface area contributed by atoms with Crippen LogP contribution in [0.5, 0.6) is 0 Å². The van der Waals surface area contributed by atoms with E-state index in [1.807, 2.05) is 6.08 Å². The highest BCUT2D eigenvalue weighted by Gasteiger charge is 2.54. The van der Waals surface area contributed by atoms with Crippen molar-refractivity contribution in [2.75, 3.05) is 26.4 Å². The van der Waals surface area contributed by atoms with Gasteiger partial charge >= 0.3 is 0 Å². The van der Waals surface area contributed by atoms with E-state index < -0.39 is 124 Å². The number of hydrogen-bond donors (Lipinski definition) is 12. The van der Waals surface area contributed by atoms with Crippen molar-refractivity contribution in [2.24, 2.45) is 0 Å². The predicted octanol–water partition coefficient (Wildman–Crippen LogP) is 17.2. The second-order valence-corrected chi connectivity index (χ2v) is 31.7. The number of carbonyl (C=O) groups excluding carboxylic acids is 1. The van der Waals surface area contributed by atoms with Crippen LogP contribution in [0.2, 0.25) is 0 Å². The molecule has 648 valence electrons. The van der Waals surface area contributed by atoms with Gasteiger partial charge in [0.25, 0.3) is 0 Å². The van der Waals surface area contributed by atoms with Gasteiger partial charge in [0, 0.05) is 6.42 Å². The summed E-state index contributed by atoms with van der Waals surface area (Å²) in [5.74, 6) is -0.280. The Morgan fingerprint density at radius 1 is 0.330 bits per heavy atom. The molecule has 19 heteroatoms. The summed E-state index contributed by atoms with van der Waals surface area (Å²) in [5, 5.41) is 121. The van der Waals surface area contributed by atoms with E-state index in [1.165, 1.54) is 205 Å². The van der Waals surface area contributed by atoms with Crippen LogP contribution >= 0.6 is 0 Å². The summed E-state index contributed by atoms with van der Waals surface area (Å²) in [5.41, 5.74) is 0. The Morgan fingerprint density at radius 3 is 0.964 bits per heavy atom. The molecular formula is C93H163NO18. The molecule has 3 fully saturated rings. The molecule has 3 heterocycles. The molecular weight excluding hydrogens is 1420 g/mol. The van der Waals surface area contributed by atoms with E-state index in [2.05, 4.69) is 116 Å². The van der Waals surface area contributed by atoms with Crippen molar-refractivity contribution in [1.29, 1.82) is 0 Å². The number of aliphatic hydroxyl groups excluding tert-OH is 11. The third kappa shape index (κ3) is 49.6. The van der Waals surface area contributed by atoms with E-state index in [0.717, 1.165) is 109 Å². The summed E-state index contributed by atoms with van der Waals surface area (Å²) in [6.45, 7) is 1.66. The molecule has 0 aromatic carbocycles. The minimum absolute atomic E-state index is 0.232. The molecule has 0 radical (unpaired) electrons.